The minimum Gasteiger partial charge on any atom is -0.507 e. The molecule has 2 aromatic rings. The van der Waals surface area contributed by atoms with E-state index in [1.165, 1.54) is 18.3 Å². The van der Waals surface area contributed by atoms with Gasteiger partial charge >= 0.3 is 0 Å². The van der Waals surface area contributed by atoms with Crippen LogP contribution in [0, 0.1) is 12.7 Å². The lowest BCUT2D eigenvalue weighted by Gasteiger charge is -2.05. The molecule has 78 valence electrons. The molecule has 0 atom stereocenters. The van der Waals surface area contributed by atoms with Gasteiger partial charge < -0.3 is 15.4 Å². The fraction of sp³-hybridized carbons (Fsp3) is 0.100. The molecule has 3 N–H and O–H groups in total. The molecule has 0 unspecified atom stereocenters. The van der Waals surface area contributed by atoms with Crippen molar-refractivity contribution in [1.82, 2.24) is 5.16 Å². The van der Waals surface area contributed by atoms with Crippen molar-refractivity contribution in [1.29, 1.82) is 0 Å². The number of nitrogens with zero attached hydrogens (tertiary/aromatic N) is 1. The van der Waals surface area contributed by atoms with Gasteiger partial charge in [-0.15, -0.1) is 0 Å². The molecule has 1 aromatic carbocycles. The number of aromatic nitrogens is 1. The average Bonchev–Trinajstić information content (AvgIpc) is 2.60. The van der Waals surface area contributed by atoms with E-state index in [0.29, 0.717) is 5.56 Å². The van der Waals surface area contributed by atoms with Gasteiger partial charge in [-0.3, -0.25) is 0 Å². The van der Waals surface area contributed by atoms with E-state index < -0.39 is 5.82 Å². The Balaban J connectivity index is 2.72. The zero-order valence-corrected chi connectivity index (χ0v) is 7.99. The van der Waals surface area contributed by atoms with Crippen molar-refractivity contribution in [2.45, 2.75) is 6.92 Å². The number of benzene rings is 1. The van der Waals surface area contributed by atoms with Gasteiger partial charge in [-0.1, -0.05) is 11.2 Å². The van der Waals surface area contributed by atoms with E-state index in [2.05, 4.69) is 9.68 Å². The predicted octanol–water partition coefficient (Wildman–Crippen LogP) is 2.08. The summed E-state index contributed by atoms with van der Waals surface area (Å²) in [6.07, 6.45) is 1.27. The zero-order chi connectivity index (χ0) is 11.0. The van der Waals surface area contributed by atoms with Crippen LogP contribution in [-0.4, -0.2) is 10.3 Å². The fourth-order valence-corrected chi connectivity index (χ4v) is 1.36. The highest BCUT2D eigenvalue weighted by molar-refractivity contribution is 5.77. The molecule has 2 rings (SSSR count). The number of phenols is 1. The van der Waals surface area contributed by atoms with Gasteiger partial charge in [0.15, 0.2) is 0 Å². The van der Waals surface area contributed by atoms with Crippen molar-refractivity contribution in [3.8, 4) is 16.9 Å². The second kappa shape index (κ2) is 3.27. The van der Waals surface area contributed by atoms with Crippen molar-refractivity contribution >= 4 is 5.88 Å². The molecule has 0 saturated heterocycles. The molecule has 1 heterocycles. The molecular formula is C10H9FN2O2. The molecule has 0 aliphatic carbocycles. The lowest BCUT2D eigenvalue weighted by Crippen LogP contribution is -1.91. The van der Waals surface area contributed by atoms with Crippen LogP contribution >= 0.6 is 0 Å². The van der Waals surface area contributed by atoms with Gasteiger partial charge in [-0.2, -0.15) is 0 Å². The van der Waals surface area contributed by atoms with Gasteiger partial charge in [0.05, 0.1) is 17.3 Å². The molecule has 0 aliphatic rings. The highest BCUT2D eigenvalue weighted by Crippen LogP contribution is 2.36. The summed E-state index contributed by atoms with van der Waals surface area (Å²) in [5.41, 5.74) is 6.15. The first-order valence-electron chi connectivity index (χ1n) is 4.30. The van der Waals surface area contributed by atoms with Gasteiger partial charge in [-0.25, -0.2) is 4.39 Å². The predicted molar refractivity (Wildman–Crippen MR) is 52.7 cm³/mol. The third-order valence-electron chi connectivity index (χ3n) is 2.18. The van der Waals surface area contributed by atoms with Crippen molar-refractivity contribution in [3.05, 3.63) is 29.7 Å². The highest BCUT2D eigenvalue weighted by Gasteiger charge is 2.17. The molecule has 0 spiro atoms. The number of nitrogen functional groups attached to an aromatic ring is 1. The van der Waals surface area contributed by atoms with Crippen molar-refractivity contribution in [2.75, 3.05) is 5.73 Å². The number of nitrogens with two attached hydrogens (primary N) is 1. The maximum Gasteiger partial charge on any atom is 0.230 e. The number of phenolic OH excluding ortho intramolecular Hbond substituents is 1. The van der Waals surface area contributed by atoms with Crippen LogP contribution in [0.4, 0.5) is 10.3 Å². The molecule has 0 bridgehead atoms. The molecular weight excluding hydrogens is 199 g/mol. The highest BCUT2D eigenvalue weighted by atomic mass is 19.1. The quantitative estimate of drug-likeness (QED) is 0.752. The summed E-state index contributed by atoms with van der Waals surface area (Å²) in [6, 6.07) is 2.89. The topological polar surface area (TPSA) is 72.3 Å². The second-order valence-corrected chi connectivity index (χ2v) is 3.19. The number of halogens is 1. The zero-order valence-electron chi connectivity index (χ0n) is 7.99. The number of aromatic hydroxyl groups is 1. The Hall–Kier alpha value is -2.04. The summed E-state index contributed by atoms with van der Waals surface area (Å²) in [6.45, 7) is 1.60. The fourth-order valence-electron chi connectivity index (χ4n) is 1.36. The van der Waals surface area contributed by atoms with Crippen LogP contribution in [0.1, 0.15) is 5.56 Å². The summed E-state index contributed by atoms with van der Waals surface area (Å²) in [5, 5.41) is 13.0. The summed E-state index contributed by atoms with van der Waals surface area (Å²) in [7, 11) is 0. The molecule has 1 aromatic heterocycles. The molecule has 0 aliphatic heterocycles. The third kappa shape index (κ3) is 1.41. The molecule has 0 fully saturated rings. The van der Waals surface area contributed by atoms with E-state index in [0.717, 1.165) is 0 Å². The third-order valence-corrected chi connectivity index (χ3v) is 2.18. The number of anilines is 1. The van der Waals surface area contributed by atoms with Crippen LogP contribution < -0.4 is 5.73 Å². The standard InChI is InChI=1S/C10H9FN2O2/c1-5-2-3-7(14)8(9(5)11)6-4-13-15-10(6)12/h2-4,14H,12H2,1H3. The van der Waals surface area contributed by atoms with Gasteiger partial charge in [0.1, 0.15) is 11.6 Å². The first kappa shape index (κ1) is 9.51. The van der Waals surface area contributed by atoms with Crippen LogP contribution in [0.5, 0.6) is 5.75 Å². The Morgan fingerprint density at radius 2 is 2.20 bits per heavy atom. The van der Waals surface area contributed by atoms with Crippen LogP contribution in [0.25, 0.3) is 11.1 Å². The van der Waals surface area contributed by atoms with Crippen molar-refractivity contribution in [3.63, 3.8) is 0 Å². The molecule has 5 heteroatoms. The van der Waals surface area contributed by atoms with E-state index in [-0.39, 0.29) is 22.8 Å². The maximum absolute atomic E-state index is 13.7. The van der Waals surface area contributed by atoms with Gasteiger partial charge in [0.2, 0.25) is 5.88 Å². The van der Waals surface area contributed by atoms with Crippen LogP contribution in [0.3, 0.4) is 0 Å². The monoisotopic (exact) mass is 208 g/mol. The summed E-state index contributed by atoms with van der Waals surface area (Å²) < 4.78 is 18.3. The smallest absolute Gasteiger partial charge is 0.230 e. The molecule has 0 saturated carbocycles. The largest absolute Gasteiger partial charge is 0.507 e. The molecule has 0 amide bonds. The van der Waals surface area contributed by atoms with E-state index in [9.17, 15) is 9.50 Å². The Bertz CT molecular complexity index is 508. The normalized spacial score (nSPS) is 10.5. The number of rotatable bonds is 1. The second-order valence-electron chi connectivity index (χ2n) is 3.19. The molecule has 15 heavy (non-hydrogen) atoms. The SMILES string of the molecule is Cc1ccc(O)c(-c2cnoc2N)c1F. The van der Waals surface area contributed by atoms with Gasteiger partial charge in [0, 0.05) is 0 Å². The maximum atomic E-state index is 13.7. The Morgan fingerprint density at radius 1 is 1.47 bits per heavy atom. The minimum absolute atomic E-state index is 0.0187. The van der Waals surface area contributed by atoms with E-state index in [4.69, 9.17) is 5.73 Å². The van der Waals surface area contributed by atoms with E-state index >= 15 is 0 Å². The lowest BCUT2D eigenvalue weighted by atomic mass is 10.0. The first-order chi connectivity index (χ1) is 7.11. The molecule has 4 nitrogen and oxygen atoms in total. The Kier molecular flexibility index (Phi) is 2.07. The summed E-state index contributed by atoms with van der Waals surface area (Å²) in [5.74, 6) is -0.729. The summed E-state index contributed by atoms with van der Waals surface area (Å²) in [4.78, 5) is 0. The average molecular weight is 208 g/mol. The van der Waals surface area contributed by atoms with Crippen molar-refractivity contribution < 1.29 is 14.0 Å². The minimum atomic E-state index is -0.523. The first-order valence-corrected chi connectivity index (χ1v) is 4.30. The summed E-state index contributed by atoms with van der Waals surface area (Å²) >= 11 is 0. The van der Waals surface area contributed by atoms with Crippen LogP contribution in [0.15, 0.2) is 22.9 Å². The van der Waals surface area contributed by atoms with Gasteiger partial charge in [0.25, 0.3) is 0 Å². The Labute approximate surface area is 85.1 Å². The number of hydrogen-bond acceptors (Lipinski definition) is 4. The number of hydrogen-bond donors (Lipinski definition) is 2. The van der Waals surface area contributed by atoms with Crippen molar-refractivity contribution in [2.24, 2.45) is 0 Å². The van der Waals surface area contributed by atoms with Gasteiger partial charge in [-0.05, 0) is 18.6 Å². The Morgan fingerprint density at radius 3 is 2.80 bits per heavy atom. The molecule has 0 radical (unpaired) electrons. The van der Waals surface area contributed by atoms with Crippen LogP contribution in [-0.2, 0) is 0 Å². The number of aryl methyl sites for hydroxylation is 1. The van der Waals surface area contributed by atoms with E-state index in [1.54, 1.807) is 6.92 Å². The lowest BCUT2D eigenvalue weighted by molar-refractivity contribution is 0.436. The van der Waals surface area contributed by atoms with E-state index in [1.807, 2.05) is 0 Å². The van der Waals surface area contributed by atoms with Crippen LogP contribution in [0.2, 0.25) is 0 Å².